The number of halogens is 1. The van der Waals surface area contributed by atoms with Crippen LogP contribution < -0.4 is 4.74 Å². The largest absolute Gasteiger partial charge is 0.472 e. The van der Waals surface area contributed by atoms with Crippen LogP contribution in [0.2, 0.25) is 0 Å². The molecule has 1 atom stereocenters. The van der Waals surface area contributed by atoms with Gasteiger partial charge in [0.25, 0.3) is 0 Å². The third-order valence-electron chi connectivity index (χ3n) is 3.48. The number of aryl methyl sites for hydroxylation is 1. The minimum absolute atomic E-state index is 0.205. The number of ether oxygens (including phenoxy) is 1. The molecule has 1 aliphatic heterocycles. The number of aromatic nitrogens is 2. The highest BCUT2D eigenvalue weighted by molar-refractivity contribution is 9.10. The number of hydrogen-bond donors (Lipinski definition) is 0. The number of nitrogens with zero attached hydrogens (tertiary/aromatic N) is 3. The van der Waals surface area contributed by atoms with E-state index in [1.807, 2.05) is 0 Å². The first kappa shape index (κ1) is 14.7. The van der Waals surface area contributed by atoms with Crippen LogP contribution in [-0.2, 0) is 6.42 Å². The fourth-order valence-electron chi connectivity index (χ4n) is 2.31. The number of likely N-dealkylation sites (tertiary alicyclic amines) is 1. The van der Waals surface area contributed by atoms with Crippen LogP contribution in [0.3, 0.4) is 0 Å². The molecule has 0 amide bonds. The van der Waals surface area contributed by atoms with Gasteiger partial charge in [0, 0.05) is 18.6 Å². The van der Waals surface area contributed by atoms with Crippen LogP contribution in [0.25, 0.3) is 0 Å². The molecule has 0 N–H and O–H groups in total. The molecule has 1 aromatic rings. The van der Waals surface area contributed by atoms with E-state index in [0.29, 0.717) is 5.88 Å². The van der Waals surface area contributed by atoms with E-state index in [1.54, 1.807) is 6.20 Å². The van der Waals surface area contributed by atoms with Crippen LogP contribution in [-0.4, -0.2) is 39.6 Å². The van der Waals surface area contributed by atoms with Crippen molar-refractivity contribution in [2.24, 2.45) is 0 Å². The average Bonchev–Trinajstić information content (AvgIpc) is 2.79. The van der Waals surface area contributed by atoms with Crippen LogP contribution in [0.1, 0.15) is 39.8 Å². The molecule has 1 saturated heterocycles. The van der Waals surface area contributed by atoms with Gasteiger partial charge in [0.05, 0.1) is 6.20 Å². The molecule has 2 heterocycles. The van der Waals surface area contributed by atoms with Gasteiger partial charge in [0.15, 0.2) is 0 Å². The van der Waals surface area contributed by atoms with Gasteiger partial charge in [-0.1, -0.05) is 6.92 Å². The zero-order valence-electron chi connectivity index (χ0n) is 12.1. The molecule has 0 aliphatic carbocycles. The minimum atomic E-state index is 0.205. The average molecular weight is 328 g/mol. The number of hydrogen-bond acceptors (Lipinski definition) is 4. The van der Waals surface area contributed by atoms with E-state index in [-0.39, 0.29) is 11.6 Å². The van der Waals surface area contributed by atoms with Crippen molar-refractivity contribution >= 4 is 15.9 Å². The zero-order valence-corrected chi connectivity index (χ0v) is 13.7. The molecule has 0 spiro atoms. The van der Waals surface area contributed by atoms with Crippen molar-refractivity contribution in [3.05, 3.63) is 16.5 Å². The SMILES string of the molecule is CCc1nc(Br)cnc1OC1CCN(C(C)(C)C)C1. The van der Waals surface area contributed by atoms with Gasteiger partial charge in [-0.25, -0.2) is 9.97 Å². The summed E-state index contributed by atoms with van der Waals surface area (Å²) in [5.74, 6) is 0.687. The maximum absolute atomic E-state index is 6.04. The Hall–Kier alpha value is -0.680. The summed E-state index contributed by atoms with van der Waals surface area (Å²) in [6, 6.07) is 0. The molecule has 0 saturated carbocycles. The molecule has 1 fully saturated rings. The van der Waals surface area contributed by atoms with Crippen molar-refractivity contribution in [1.29, 1.82) is 0 Å². The highest BCUT2D eigenvalue weighted by Gasteiger charge is 2.31. The topological polar surface area (TPSA) is 38.3 Å². The van der Waals surface area contributed by atoms with E-state index >= 15 is 0 Å². The fourth-order valence-corrected chi connectivity index (χ4v) is 2.63. The Morgan fingerprint density at radius 2 is 2.21 bits per heavy atom. The quantitative estimate of drug-likeness (QED) is 0.855. The first-order valence-electron chi connectivity index (χ1n) is 6.83. The molecule has 2 rings (SSSR count). The van der Waals surface area contributed by atoms with Gasteiger partial charge in [-0.05, 0) is 49.5 Å². The lowest BCUT2D eigenvalue weighted by Crippen LogP contribution is -2.40. The summed E-state index contributed by atoms with van der Waals surface area (Å²) in [5, 5.41) is 0. The Balaban J connectivity index is 2.03. The Morgan fingerprint density at radius 1 is 1.47 bits per heavy atom. The monoisotopic (exact) mass is 327 g/mol. The lowest BCUT2D eigenvalue weighted by molar-refractivity contribution is 0.137. The molecule has 1 aliphatic rings. The molecular weight excluding hydrogens is 306 g/mol. The fraction of sp³-hybridized carbons (Fsp3) is 0.714. The van der Waals surface area contributed by atoms with Gasteiger partial charge in [-0.2, -0.15) is 0 Å². The normalized spacial score (nSPS) is 20.8. The number of rotatable bonds is 3. The van der Waals surface area contributed by atoms with Crippen molar-refractivity contribution in [3.8, 4) is 5.88 Å². The van der Waals surface area contributed by atoms with Gasteiger partial charge in [0.1, 0.15) is 16.4 Å². The molecule has 0 radical (unpaired) electrons. The van der Waals surface area contributed by atoms with Gasteiger partial charge < -0.3 is 4.74 Å². The molecule has 1 unspecified atom stereocenters. The second kappa shape index (κ2) is 5.75. The van der Waals surface area contributed by atoms with E-state index in [2.05, 4.69) is 58.5 Å². The summed E-state index contributed by atoms with van der Waals surface area (Å²) in [6.45, 7) is 10.8. The van der Waals surface area contributed by atoms with Gasteiger partial charge in [-0.3, -0.25) is 4.90 Å². The van der Waals surface area contributed by atoms with Crippen molar-refractivity contribution in [2.75, 3.05) is 13.1 Å². The summed E-state index contributed by atoms with van der Waals surface area (Å²) in [6.07, 6.45) is 3.81. The van der Waals surface area contributed by atoms with Crippen molar-refractivity contribution in [3.63, 3.8) is 0 Å². The summed E-state index contributed by atoms with van der Waals surface area (Å²) >= 11 is 3.35. The van der Waals surface area contributed by atoms with Crippen LogP contribution in [0.15, 0.2) is 10.8 Å². The molecule has 19 heavy (non-hydrogen) atoms. The molecule has 1 aromatic heterocycles. The van der Waals surface area contributed by atoms with Gasteiger partial charge in [0.2, 0.25) is 5.88 Å². The summed E-state index contributed by atoms with van der Waals surface area (Å²) in [5.41, 5.74) is 1.13. The molecule has 5 heteroatoms. The Kier molecular flexibility index (Phi) is 4.46. The van der Waals surface area contributed by atoms with E-state index in [4.69, 9.17) is 4.74 Å². The standard InChI is InChI=1S/C14H22BrN3O/c1-5-11-13(16-8-12(15)17-11)19-10-6-7-18(9-10)14(2,3)4/h8,10H,5-7,9H2,1-4H3. The van der Waals surface area contributed by atoms with E-state index in [0.717, 1.165) is 36.2 Å². The first-order chi connectivity index (χ1) is 8.90. The highest BCUT2D eigenvalue weighted by atomic mass is 79.9. The molecule has 4 nitrogen and oxygen atoms in total. The lowest BCUT2D eigenvalue weighted by atomic mass is 10.1. The smallest absolute Gasteiger partial charge is 0.236 e. The molecule has 0 aromatic carbocycles. The van der Waals surface area contributed by atoms with E-state index < -0.39 is 0 Å². The second-order valence-corrected chi connectivity index (χ2v) is 6.76. The van der Waals surface area contributed by atoms with E-state index in [9.17, 15) is 0 Å². The van der Waals surface area contributed by atoms with Gasteiger partial charge in [-0.15, -0.1) is 0 Å². The summed E-state index contributed by atoms with van der Waals surface area (Å²) in [4.78, 5) is 11.2. The highest BCUT2D eigenvalue weighted by Crippen LogP contribution is 2.25. The molecule has 0 bridgehead atoms. The minimum Gasteiger partial charge on any atom is -0.472 e. The van der Waals surface area contributed by atoms with Crippen LogP contribution in [0, 0.1) is 0 Å². The van der Waals surface area contributed by atoms with E-state index in [1.165, 1.54) is 0 Å². The third kappa shape index (κ3) is 3.66. The maximum atomic E-state index is 6.04. The first-order valence-corrected chi connectivity index (χ1v) is 7.62. The second-order valence-electron chi connectivity index (χ2n) is 5.94. The lowest BCUT2D eigenvalue weighted by Gasteiger charge is -2.31. The zero-order chi connectivity index (χ0) is 14.0. The summed E-state index contributed by atoms with van der Waals surface area (Å²) in [7, 11) is 0. The van der Waals surface area contributed by atoms with Gasteiger partial charge >= 0.3 is 0 Å². The Bertz CT molecular complexity index is 445. The molecular formula is C14H22BrN3O. The van der Waals surface area contributed by atoms with Crippen molar-refractivity contribution in [1.82, 2.24) is 14.9 Å². The molecule has 106 valence electrons. The maximum Gasteiger partial charge on any atom is 0.236 e. The summed E-state index contributed by atoms with van der Waals surface area (Å²) < 4.78 is 6.80. The van der Waals surface area contributed by atoms with Crippen LogP contribution >= 0.6 is 15.9 Å². The van der Waals surface area contributed by atoms with Crippen LogP contribution in [0.5, 0.6) is 5.88 Å². The predicted molar refractivity (Wildman–Crippen MR) is 79.5 cm³/mol. The third-order valence-corrected chi connectivity index (χ3v) is 3.87. The predicted octanol–water partition coefficient (Wildman–Crippen LogP) is 3.05. The van der Waals surface area contributed by atoms with Crippen molar-refractivity contribution in [2.45, 2.75) is 52.2 Å². The Morgan fingerprint density at radius 3 is 2.79 bits per heavy atom. The Labute approximate surface area is 123 Å². The van der Waals surface area contributed by atoms with Crippen LogP contribution in [0.4, 0.5) is 0 Å². The van der Waals surface area contributed by atoms with Crippen molar-refractivity contribution < 1.29 is 4.74 Å².